The summed E-state index contributed by atoms with van der Waals surface area (Å²) >= 11 is 6.02. The number of methoxy groups -OCH3 is 1. The molecule has 1 aromatic carbocycles. The molecule has 1 rings (SSSR count). The van der Waals surface area contributed by atoms with Gasteiger partial charge in [0.05, 0.1) is 11.6 Å². The molecule has 0 aliphatic rings. The summed E-state index contributed by atoms with van der Waals surface area (Å²) in [7, 11) is 1.69. The molecule has 0 aliphatic carbocycles. The number of carbonyl (C=O) groups is 1. The smallest absolute Gasteiger partial charge is 0.151 e. The molecule has 0 N–H and O–H groups in total. The number of halogens is 1. The van der Waals surface area contributed by atoms with Crippen LogP contribution in [0.15, 0.2) is 18.2 Å². The average Bonchev–Trinajstić information content (AvgIpc) is 2.30. The van der Waals surface area contributed by atoms with Gasteiger partial charge in [-0.3, -0.25) is 4.79 Å². The number of ether oxygens (including phenoxy) is 1. The molecule has 0 radical (unpaired) electrons. The van der Waals surface area contributed by atoms with Crippen LogP contribution >= 0.6 is 11.6 Å². The largest absolute Gasteiger partial charge is 0.383 e. The fourth-order valence-corrected chi connectivity index (χ4v) is 2.09. The number of benzene rings is 1. The van der Waals surface area contributed by atoms with Crippen molar-refractivity contribution in [2.24, 2.45) is 0 Å². The standard InChI is InChI=1S/C13H18ClNO2/c1-4-15(10(2)9-17-3)12-6-5-11(8-16)13(14)7-12/h5-8,10H,4,9H2,1-3H3. The summed E-state index contributed by atoms with van der Waals surface area (Å²) < 4.78 is 5.15. The topological polar surface area (TPSA) is 29.5 Å². The van der Waals surface area contributed by atoms with Crippen molar-refractivity contribution in [2.45, 2.75) is 19.9 Å². The first kappa shape index (κ1) is 14.0. The van der Waals surface area contributed by atoms with E-state index >= 15 is 0 Å². The van der Waals surface area contributed by atoms with Gasteiger partial charge in [-0.25, -0.2) is 0 Å². The average molecular weight is 256 g/mol. The minimum absolute atomic E-state index is 0.267. The lowest BCUT2D eigenvalue weighted by molar-refractivity contribution is 0.112. The highest BCUT2D eigenvalue weighted by Gasteiger charge is 2.13. The van der Waals surface area contributed by atoms with Crippen molar-refractivity contribution in [1.29, 1.82) is 0 Å². The van der Waals surface area contributed by atoms with Crippen LogP contribution < -0.4 is 4.90 Å². The van der Waals surface area contributed by atoms with Gasteiger partial charge in [-0.2, -0.15) is 0 Å². The van der Waals surface area contributed by atoms with E-state index in [-0.39, 0.29) is 6.04 Å². The Hall–Kier alpha value is -1.06. The Morgan fingerprint density at radius 1 is 1.53 bits per heavy atom. The number of hydrogen-bond donors (Lipinski definition) is 0. The lowest BCUT2D eigenvalue weighted by Gasteiger charge is -2.30. The van der Waals surface area contributed by atoms with E-state index in [2.05, 4.69) is 18.7 Å². The summed E-state index contributed by atoms with van der Waals surface area (Å²) in [5, 5.41) is 0.487. The predicted molar refractivity (Wildman–Crippen MR) is 71.2 cm³/mol. The van der Waals surface area contributed by atoms with E-state index in [4.69, 9.17) is 16.3 Å². The zero-order valence-electron chi connectivity index (χ0n) is 10.4. The molecule has 0 aliphatic heterocycles. The van der Waals surface area contributed by atoms with E-state index in [1.807, 2.05) is 12.1 Å². The molecule has 3 nitrogen and oxygen atoms in total. The van der Waals surface area contributed by atoms with Crippen LogP contribution in [0.3, 0.4) is 0 Å². The number of hydrogen-bond acceptors (Lipinski definition) is 3. The third-order valence-corrected chi connectivity index (χ3v) is 3.05. The van der Waals surface area contributed by atoms with Gasteiger partial charge in [-0.05, 0) is 32.0 Å². The number of carbonyl (C=O) groups excluding carboxylic acids is 1. The summed E-state index contributed by atoms with van der Waals surface area (Å²) in [6.45, 7) is 5.68. The van der Waals surface area contributed by atoms with Crippen molar-refractivity contribution in [2.75, 3.05) is 25.2 Å². The first-order valence-corrected chi connectivity index (χ1v) is 6.02. The van der Waals surface area contributed by atoms with Gasteiger partial charge in [-0.1, -0.05) is 11.6 Å². The van der Waals surface area contributed by atoms with Gasteiger partial charge >= 0.3 is 0 Å². The van der Waals surface area contributed by atoms with Crippen LogP contribution in [0.4, 0.5) is 5.69 Å². The fraction of sp³-hybridized carbons (Fsp3) is 0.462. The highest BCUT2D eigenvalue weighted by atomic mass is 35.5. The normalized spacial score (nSPS) is 12.2. The second-order valence-corrected chi connectivity index (χ2v) is 4.32. The Balaban J connectivity index is 2.96. The molecule has 0 saturated heterocycles. The minimum Gasteiger partial charge on any atom is -0.383 e. The Kier molecular flexibility index (Phi) is 5.45. The van der Waals surface area contributed by atoms with Gasteiger partial charge in [-0.15, -0.1) is 0 Å². The molecule has 0 saturated carbocycles. The van der Waals surface area contributed by atoms with Gasteiger partial charge in [0.1, 0.15) is 0 Å². The Bertz CT molecular complexity index is 382. The fourth-order valence-electron chi connectivity index (χ4n) is 1.87. The molecule has 94 valence electrons. The van der Waals surface area contributed by atoms with Gasteiger partial charge < -0.3 is 9.64 Å². The molecule has 1 unspecified atom stereocenters. The molecule has 4 heteroatoms. The number of aldehydes is 1. The monoisotopic (exact) mass is 255 g/mol. The summed E-state index contributed by atoms with van der Waals surface area (Å²) in [6.07, 6.45) is 0.765. The number of likely N-dealkylation sites (N-methyl/N-ethyl adjacent to an activating group) is 1. The van der Waals surface area contributed by atoms with Crippen LogP contribution in [0, 0.1) is 0 Å². The first-order chi connectivity index (χ1) is 8.13. The number of rotatable bonds is 6. The van der Waals surface area contributed by atoms with Crippen molar-refractivity contribution in [3.63, 3.8) is 0 Å². The molecule has 0 spiro atoms. The van der Waals surface area contributed by atoms with E-state index in [1.165, 1.54) is 0 Å². The quantitative estimate of drug-likeness (QED) is 0.732. The number of anilines is 1. The van der Waals surface area contributed by atoms with Crippen LogP contribution in [-0.4, -0.2) is 32.6 Å². The lowest BCUT2D eigenvalue weighted by Crippen LogP contribution is -2.36. The highest BCUT2D eigenvalue weighted by molar-refractivity contribution is 6.33. The zero-order valence-corrected chi connectivity index (χ0v) is 11.2. The van der Waals surface area contributed by atoms with Crippen LogP contribution in [-0.2, 0) is 4.74 Å². The van der Waals surface area contributed by atoms with Crippen molar-refractivity contribution in [3.05, 3.63) is 28.8 Å². The zero-order chi connectivity index (χ0) is 12.8. The van der Waals surface area contributed by atoms with Crippen molar-refractivity contribution in [3.8, 4) is 0 Å². The third kappa shape index (κ3) is 3.45. The molecule has 0 fully saturated rings. The highest BCUT2D eigenvalue weighted by Crippen LogP contribution is 2.24. The molecular formula is C13H18ClNO2. The third-order valence-electron chi connectivity index (χ3n) is 2.72. The van der Waals surface area contributed by atoms with Crippen molar-refractivity contribution < 1.29 is 9.53 Å². The van der Waals surface area contributed by atoms with Crippen molar-refractivity contribution in [1.82, 2.24) is 0 Å². The lowest BCUT2D eigenvalue weighted by atomic mass is 10.2. The Morgan fingerprint density at radius 2 is 2.24 bits per heavy atom. The Morgan fingerprint density at radius 3 is 2.71 bits per heavy atom. The number of nitrogens with zero attached hydrogens (tertiary/aromatic N) is 1. The van der Waals surface area contributed by atoms with E-state index in [0.717, 1.165) is 18.5 Å². The molecular weight excluding hydrogens is 238 g/mol. The molecule has 0 bridgehead atoms. The van der Waals surface area contributed by atoms with Gasteiger partial charge in [0.25, 0.3) is 0 Å². The van der Waals surface area contributed by atoms with Gasteiger partial charge in [0, 0.05) is 30.9 Å². The SMILES string of the molecule is CCN(c1ccc(C=O)c(Cl)c1)C(C)COC. The second kappa shape index (κ2) is 6.62. The maximum Gasteiger partial charge on any atom is 0.151 e. The summed E-state index contributed by atoms with van der Waals surface area (Å²) in [5.74, 6) is 0. The molecule has 0 aromatic heterocycles. The van der Waals surface area contributed by atoms with Crippen LogP contribution in [0.5, 0.6) is 0 Å². The summed E-state index contributed by atoms with van der Waals surface area (Å²) in [4.78, 5) is 12.9. The second-order valence-electron chi connectivity index (χ2n) is 3.91. The molecule has 0 heterocycles. The first-order valence-electron chi connectivity index (χ1n) is 5.64. The molecule has 1 atom stereocenters. The van der Waals surface area contributed by atoms with Crippen LogP contribution in [0.1, 0.15) is 24.2 Å². The molecule has 0 amide bonds. The maximum atomic E-state index is 10.7. The van der Waals surface area contributed by atoms with Crippen molar-refractivity contribution >= 4 is 23.6 Å². The Labute approximate surface area is 107 Å². The summed E-state index contributed by atoms with van der Waals surface area (Å²) in [5.41, 5.74) is 1.53. The molecule has 1 aromatic rings. The van der Waals surface area contributed by atoms with Gasteiger partial charge in [0.15, 0.2) is 6.29 Å². The van der Waals surface area contributed by atoms with E-state index in [0.29, 0.717) is 17.2 Å². The maximum absolute atomic E-state index is 10.7. The van der Waals surface area contributed by atoms with Crippen LogP contribution in [0.25, 0.3) is 0 Å². The van der Waals surface area contributed by atoms with E-state index in [9.17, 15) is 4.79 Å². The van der Waals surface area contributed by atoms with Gasteiger partial charge in [0.2, 0.25) is 0 Å². The van der Waals surface area contributed by atoms with Crippen LogP contribution in [0.2, 0.25) is 5.02 Å². The predicted octanol–water partition coefficient (Wildman–Crippen LogP) is 3.01. The minimum atomic E-state index is 0.267. The molecule has 17 heavy (non-hydrogen) atoms. The van der Waals surface area contributed by atoms with E-state index in [1.54, 1.807) is 13.2 Å². The summed E-state index contributed by atoms with van der Waals surface area (Å²) in [6, 6.07) is 5.74. The van der Waals surface area contributed by atoms with E-state index < -0.39 is 0 Å².